The molecule has 1 heterocycles. The fraction of sp³-hybridized carbons (Fsp3) is 0.172. The predicted octanol–water partition coefficient (Wildman–Crippen LogP) is 6.61. The van der Waals surface area contributed by atoms with Crippen LogP contribution in [0.25, 0.3) is 0 Å². The van der Waals surface area contributed by atoms with Crippen LogP contribution in [0.3, 0.4) is 0 Å². The first-order valence-corrected chi connectivity index (χ1v) is 12.5. The highest BCUT2D eigenvalue weighted by Crippen LogP contribution is 2.30. The van der Waals surface area contributed by atoms with E-state index in [0.717, 1.165) is 16.8 Å². The molecular weight excluding hydrogens is 473 g/mol. The highest BCUT2D eigenvalue weighted by molar-refractivity contribution is 7.12. The van der Waals surface area contributed by atoms with Gasteiger partial charge in [0.15, 0.2) is 0 Å². The summed E-state index contributed by atoms with van der Waals surface area (Å²) in [5, 5.41) is 4.75. The van der Waals surface area contributed by atoms with Gasteiger partial charge in [0, 0.05) is 37.6 Å². The molecule has 1 atom stereocenters. The Kier molecular flexibility index (Phi) is 7.80. The minimum Gasteiger partial charge on any atom is -0.377 e. The summed E-state index contributed by atoms with van der Waals surface area (Å²) in [6.07, 6.45) is 0. The van der Waals surface area contributed by atoms with Gasteiger partial charge in [-0.3, -0.25) is 9.59 Å². The second kappa shape index (κ2) is 11.2. The van der Waals surface area contributed by atoms with Crippen molar-refractivity contribution in [2.24, 2.45) is 0 Å². The monoisotopic (exact) mass is 501 g/mol. The molecule has 36 heavy (non-hydrogen) atoms. The molecule has 1 N–H and O–H groups in total. The van der Waals surface area contributed by atoms with Crippen molar-refractivity contribution >= 4 is 34.5 Å². The molecular formula is C29H28FN3O2S. The van der Waals surface area contributed by atoms with Crippen LogP contribution in [-0.2, 0) is 6.54 Å². The first-order valence-electron chi connectivity index (χ1n) is 11.6. The van der Waals surface area contributed by atoms with Crippen LogP contribution >= 0.6 is 11.3 Å². The summed E-state index contributed by atoms with van der Waals surface area (Å²) in [6.45, 7) is 2.36. The largest absolute Gasteiger partial charge is 0.377 e. The maximum atomic E-state index is 13.6. The van der Waals surface area contributed by atoms with Crippen LogP contribution < -0.4 is 10.2 Å². The number of rotatable bonds is 8. The van der Waals surface area contributed by atoms with E-state index in [9.17, 15) is 14.0 Å². The first-order chi connectivity index (χ1) is 17.3. The van der Waals surface area contributed by atoms with Gasteiger partial charge in [0.25, 0.3) is 11.8 Å². The third kappa shape index (κ3) is 5.80. The van der Waals surface area contributed by atoms with Gasteiger partial charge in [-0.1, -0.05) is 42.5 Å². The van der Waals surface area contributed by atoms with Crippen molar-refractivity contribution in [2.45, 2.75) is 19.5 Å². The molecule has 5 nitrogen and oxygen atoms in total. The Morgan fingerprint density at radius 3 is 2.39 bits per heavy atom. The molecule has 7 heteroatoms. The van der Waals surface area contributed by atoms with Crippen LogP contribution in [0.5, 0.6) is 0 Å². The first kappa shape index (κ1) is 25.1. The average molecular weight is 502 g/mol. The zero-order chi connectivity index (χ0) is 25.7. The van der Waals surface area contributed by atoms with Crippen molar-refractivity contribution in [1.82, 2.24) is 4.90 Å². The van der Waals surface area contributed by atoms with E-state index in [1.165, 1.54) is 29.5 Å². The van der Waals surface area contributed by atoms with E-state index in [4.69, 9.17) is 0 Å². The Balaban J connectivity index is 1.68. The van der Waals surface area contributed by atoms with Crippen molar-refractivity contribution in [1.29, 1.82) is 0 Å². The van der Waals surface area contributed by atoms with Gasteiger partial charge in [-0.15, -0.1) is 11.3 Å². The molecule has 0 aliphatic heterocycles. The molecule has 184 valence electrons. The Bertz CT molecular complexity index is 1340. The number of benzene rings is 3. The van der Waals surface area contributed by atoms with Crippen LogP contribution in [0, 0.1) is 5.82 Å². The molecule has 3 aromatic carbocycles. The third-order valence-electron chi connectivity index (χ3n) is 5.99. The van der Waals surface area contributed by atoms with Crippen molar-refractivity contribution in [2.75, 3.05) is 24.3 Å². The lowest BCUT2D eigenvalue weighted by Gasteiger charge is -2.31. The van der Waals surface area contributed by atoms with Crippen molar-refractivity contribution in [3.63, 3.8) is 0 Å². The summed E-state index contributed by atoms with van der Waals surface area (Å²) < 4.78 is 13.6. The smallest absolute Gasteiger partial charge is 0.264 e. The van der Waals surface area contributed by atoms with E-state index in [1.807, 2.05) is 96.9 Å². The third-order valence-corrected chi connectivity index (χ3v) is 6.85. The normalized spacial score (nSPS) is 11.6. The molecule has 0 radical (unpaired) electrons. The van der Waals surface area contributed by atoms with Crippen LogP contribution in [-0.4, -0.2) is 30.8 Å². The standard InChI is InChI=1S/C29H28FN3O2S/c1-20(21-9-5-4-6-10-21)33(29(35)27-13-8-16-36-27)19-23-18-25(14-15-26(23)32(2)3)31-28(34)22-11-7-12-24(30)17-22/h4-18,20H,19H2,1-3H3,(H,31,34). The molecule has 0 saturated carbocycles. The number of nitrogens with one attached hydrogen (secondary N) is 1. The summed E-state index contributed by atoms with van der Waals surface area (Å²) in [6, 6.07) is 24.6. The summed E-state index contributed by atoms with van der Waals surface area (Å²) in [7, 11) is 3.88. The topological polar surface area (TPSA) is 52.7 Å². The fourth-order valence-corrected chi connectivity index (χ4v) is 4.76. The molecule has 2 amide bonds. The van der Waals surface area contributed by atoms with Gasteiger partial charge < -0.3 is 15.1 Å². The van der Waals surface area contributed by atoms with Crippen LogP contribution in [0.4, 0.5) is 15.8 Å². The SMILES string of the molecule is CC(c1ccccc1)N(Cc1cc(NC(=O)c2cccc(F)c2)ccc1N(C)C)C(=O)c1cccs1. The quantitative estimate of drug-likeness (QED) is 0.296. The van der Waals surface area contributed by atoms with E-state index in [1.54, 1.807) is 6.07 Å². The van der Waals surface area contributed by atoms with E-state index in [-0.39, 0.29) is 17.5 Å². The van der Waals surface area contributed by atoms with Crippen LogP contribution in [0.15, 0.2) is 90.3 Å². The van der Waals surface area contributed by atoms with Gasteiger partial charge >= 0.3 is 0 Å². The Labute approximate surface area is 214 Å². The maximum absolute atomic E-state index is 13.6. The minimum absolute atomic E-state index is 0.0553. The number of hydrogen-bond donors (Lipinski definition) is 1. The highest BCUT2D eigenvalue weighted by Gasteiger charge is 2.25. The second-order valence-corrected chi connectivity index (χ2v) is 9.65. The average Bonchev–Trinajstić information content (AvgIpc) is 3.42. The number of halogens is 1. The van der Waals surface area contributed by atoms with E-state index in [2.05, 4.69) is 5.32 Å². The number of carbonyl (C=O) groups excluding carboxylic acids is 2. The summed E-state index contributed by atoms with van der Waals surface area (Å²) in [5.41, 5.74) is 3.65. The number of carbonyl (C=O) groups is 2. The summed E-state index contributed by atoms with van der Waals surface area (Å²) >= 11 is 1.41. The number of anilines is 2. The van der Waals surface area contributed by atoms with Crippen LogP contribution in [0.2, 0.25) is 0 Å². The second-order valence-electron chi connectivity index (χ2n) is 8.70. The number of hydrogen-bond acceptors (Lipinski definition) is 4. The lowest BCUT2D eigenvalue weighted by Crippen LogP contribution is -2.33. The lowest BCUT2D eigenvalue weighted by atomic mass is 10.0. The van der Waals surface area contributed by atoms with E-state index >= 15 is 0 Å². The van der Waals surface area contributed by atoms with Gasteiger partial charge in [-0.2, -0.15) is 0 Å². The number of amides is 2. The lowest BCUT2D eigenvalue weighted by molar-refractivity contribution is 0.0679. The molecule has 0 bridgehead atoms. The van der Waals surface area contributed by atoms with E-state index < -0.39 is 11.7 Å². The summed E-state index contributed by atoms with van der Waals surface area (Å²) in [5.74, 6) is -0.925. The molecule has 1 unspecified atom stereocenters. The van der Waals surface area contributed by atoms with E-state index in [0.29, 0.717) is 17.1 Å². The molecule has 4 aromatic rings. The number of nitrogens with zero attached hydrogens (tertiary/aromatic N) is 2. The summed E-state index contributed by atoms with van der Waals surface area (Å²) in [4.78, 5) is 30.8. The Morgan fingerprint density at radius 1 is 0.944 bits per heavy atom. The molecule has 0 aliphatic rings. The molecule has 4 rings (SSSR count). The van der Waals surface area contributed by atoms with Gasteiger partial charge in [-0.05, 0) is 65.9 Å². The van der Waals surface area contributed by atoms with Gasteiger partial charge in [-0.25, -0.2) is 4.39 Å². The Hall–Kier alpha value is -3.97. The molecule has 1 aromatic heterocycles. The van der Waals surface area contributed by atoms with Crippen molar-refractivity contribution < 1.29 is 14.0 Å². The zero-order valence-electron chi connectivity index (χ0n) is 20.4. The molecule has 0 fully saturated rings. The van der Waals surface area contributed by atoms with Gasteiger partial charge in [0.05, 0.1) is 10.9 Å². The maximum Gasteiger partial charge on any atom is 0.264 e. The van der Waals surface area contributed by atoms with Crippen molar-refractivity contribution in [3.05, 3.63) is 118 Å². The minimum atomic E-state index is -0.469. The molecule has 0 aliphatic carbocycles. The van der Waals surface area contributed by atoms with Crippen molar-refractivity contribution in [3.8, 4) is 0 Å². The van der Waals surface area contributed by atoms with Gasteiger partial charge in [0.1, 0.15) is 5.82 Å². The van der Waals surface area contributed by atoms with Gasteiger partial charge in [0.2, 0.25) is 0 Å². The predicted molar refractivity (Wildman–Crippen MR) is 144 cm³/mol. The van der Waals surface area contributed by atoms with Crippen LogP contribution in [0.1, 0.15) is 44.1 Å². The number of thiophene rings is 1. The molecule has 0 saturated heterocycles. The Morgan fingerprint density at radius 2 is 1.72 bits per heavy atom. The zero-order valence-corrected chi connectivity index (χ0v) is 21.3. The molecule has 0 spiro atoms. The fourth-order valence-electron chi connectivity index (χ4n) is 4.08. The highest BCUT2D eigenvalue weighted by atomic mass is 32.1.